The van der Waals surface area contributed by atoms with Crippen LogP contribution in [-0.2, 0) is 6.54 Å². The molecule has 0 spiro atoms. The number of nitrogens with one attached hydrogen (secondary N) is 1. The van der Waals surface area contributed by atoms with Crippen molar-refractivity contribution in [1.29, 1.82) is 0 Å². The fourth-order valence-electron chi connectivity index (χ4n) is 5.54. The number of nitrogens with two attached hydrogens (primary N) is 2. The van der Waals surface area contributed by atoms with E-state index in [-0.39, 0.29) is 19.4 Å². The van der Waals surface area contributed by atoms with Crippen molar-refractivity contribution >= 4 is 11.5 Å². The zero-order valence-corrected chi connectivity index (χ0v) is 22.0. The first-order valence-corrected chi connectivity index (χ1v) is 13.5. The van der Waals surface area contributed by atoms with Crippen LogP contribution in [0.25, 0.3) is 16.9 Å². The first kappa shape index (κ1) is 25.9. The van der Waals surface area contributed by atoms with Crippen LogP contribution in [0.15, 0.2) is 67.4 Å². The lowest BCUT2D eigenvalue weighted by molar-refractivity contribution is -0.211. The molecule has 7 rings (SSSR count). The summed E-state index contributed by atoms with van der Waals surface area (Å²) in [5.74, 6) is 0.782. The van der Waals surface area contributed by atoms with Crippen molar-refractivity contribution in [1.82, 2.24) is 29.6 Å². The Kier molecular flexibility index (Phi) is 5.99. The molecule has 13 heteroatoms. The number of nitrogens with zero attached hydrogens (tertiary/aromatic N) is 7. The summed E-state index contributed by atoms with van der Waals surface area (Å²) < 4.78 is 44.8. The van der Waals surface area contributed by atoms with E-state index in [9.17, 15) is 13.2 Å². The van der Waals surface area contributed by atoms with Crippen LogP contribution in [-0.4, -0.2) is 53.7 Å². The van der Waals surface area contributed by atoms with Gasteiger partial charge in [0.1, 0.15) is 36.5 Å². The highest BCUT2D eigenvalue weighted by Crippen LogP contribution is 2.57. The summed E-state index contributed by atoms with van der Waals surface area (Å²) in [5.41, 5.74) is 15.1. The number of anilines is 2. The van der Waals surface area contributed by atoms with Gasteiger partial charge in [-0.1, -0.05) is 12.1 Å². The molecule has 0 radical (unpaired) electrons. The van der Waals surface area contributed by atoms with E-state index in [1.165, 1.54) is 11.2 Å². The average molecular weight is 563 g/mol. The number of aromatic nitrogens is 5. The van der Waals surface area contributed by atoms with E-state index in [1.807, 2.05) is 48.5 Å². The van der Waals surface area contributed by atoms with Crippen molar-refractivity contribution in [3.05, 3.63) is 78.6 Å². The van der Waals surface area contributed by atoms with Crippen LogP contribution in [0.2, 0.25) is 0 Å². The molecule has 3 aromatic heterocycles. The zero-order valence-electron chi connectivity index (χ0n) is 22.0. The monoisotopic (exact) mass is 562 g/mol. The van der Waals surface area contributed by atoms with Gasteiger partial charge < -0.3 is 16.0 Å². The fourth-order valence-corrected chi connectivity index (χ4v) is 5.54. The lowest BCUT2D eigenvalue weighted by atomic mass is 10.0. The Bertz CT molecular complexity index is 1530. The Balaban J connectivity index is 1.24. The topological polar surface area (TPSA) is 127 Å². The van der Waals surface area contributed by atoms with Gasteiger partial charge in [0.2, 0.25) is 0 Å². The summed E-state index contributed by atoms with van der Waals surface area (Å²) in [6, 6.07) is 15.4. The molecule has 5 N–H and O–H groups in total. The predicted octanol–water partition coefficient (Wildman–Crippen LogP) is 3.92. The summed E-state index contributed by atoms with van der Waals surface area (Å²) >= 11 is 0. The Morgan fingerprint density at radius 2 is 1.78 bits per heavy atom. The van der Waals surface area contributed by atoms with E-state index >= 15 is 0 Å². The van der Waals surface area contributed by atoms with E-state index in [0.717, 1.165) is 35.5 Å². The summed E-state index contributed by atoms with van der Waals surface area (Å²) in [5, 5.41) is 7.48. The summed E-state index contributed by atoms with van der Waals surface area (Å²) in [6.07, 6.45) is 0.147. The number of alkyl halides is 3. The molecule has 0 amide bonds. The number of halogens is 3. The van der Waals surface area contributed by atoms with Gasteiger partial charge in [0, 0.05) is 24.3 Å². The van der Waals surface area contributed by atoms with E-state index in [4.69, 9.17) is 16.5 Å². The SMILES string of the molecule is NC1c2nc(-c3ccc(NC4CC4)nc3)ccc2N(Cc2ccc(-n3cncn3)cc2)C(N)N1C1(C(F)(F)F)CC1. The minimum Gasteiger partial charge on any atom is -0.367 e. The number of rotatable bonds is 7. The number of fused-ring (bicyclic) bond motifs is 1. The molecule has 4 heterocycles. The molecule has 2 unspecified atom stereocenters. The van der Waals surface area contributed by atoms with Crippen LogP contribution in [0, 0.1) is 0 Å². The molecule has 10 nitrogen and oxygen atoms in total. The summed E-state index contributed by atoms with van der Waals surface area (Å²) in [4.78, 5) is 16.2. The van der Waals surface area contributed by atoms with Gasteiger partial charge in [-0.15, -0.1) is 0 Å². The van der Waals surface area contributed by atoms with Gasteiger partial charge in [0.15, 0.2) is 0 Å². The molecule has 41 heavy (non-hydrogen) atoms. The van der Waals surface area contributed by atoms with E-state index < -0.39 is 24.2 Å². The highest BCUT2D eigenvalue weighted by atomic mass is 19.4. The first-order chi connectivity index (χ1) is 19.7. The second kappa shape index (κ2) is 9.50. The maximum Gasteiger partial charge on any atom is 0.406 e. The lowest BCUT2D eigenvalue weighted by Crippen LogP contribution is -2.67. The normalized spacial score (nSPS) is 21.9. The molecule has 2 saturated carbocycles. The van der Waals surface area contributed by atoms with Gasteiger partial charge in [-0.05, 0) is 67.6 Å². The summed E-state index contributed by atoms with van der Waals surface area (Å²) in [7, 11) is 0. The van der Waals surface area contributed by atoms with Crippen LogP contribution in [0.5, 0.6) is 0 Å². The number of pyridine rings is 2. The van der Waals surface area contributed by atoms with Gasteiger partial charge in [0.25, 0.3) is 0 Å². The molecule has 4 aromatic rings. The summed E-state index contributed by atoms with van der Waals surface area (Å²) in [6.45, 7) is 0.257. The number of benzene rings is 1. The van der Waals surface area contributed by atoms with Crippen LogP contribution in [0.3, 0.4) is 0 Å². The highest BCUT2D eigenvalue weighted by molar-refractivity contribution is 5.65. The second-order valence-corrected chi connectivity index (χ2v) is 10.9. The molecule has 1 aromatic carbocycles. The second-order valence-electron chi connectivity index (χ2n) is 10.9. The Labute approximate surface area is 234 Å². The van der Waals surface area contributed by atoms with Gasteiger partial charge >= 0.3 is 6.18 Å². The molecule has 2 aliphatic carbocycles. The lowest BCUT2D eigenvalue weighted by Gasteiger charge is -2.50. The minimum absolute atomic E-state index is 0.0628. The van der Waals surface area contributed by atoms with Gasteiger partial charge in [-0.3, -0.25) is 5.73 Å². The largest absolute Gasteiger partial charge is 0.406 e. The molecular weight excluding hydrogens is 533 g/mol. The van der Waals surface area contributed by atoms with Crippen molar-refractivity contribution < 1.29 is 13.2 Å². The van der Waals surface area contributed by atoms with Crippen molar-refractivity contribution in [2.45, 2.75) is 62.4 Å². The minimum atomic E-state index is -4.49. The maximum atomic E-state index is 14.4. The van der Waals surface area contributed by atoms with Gasteiger partial charge in [0.05, 0.1) is 22.8 Å². The Morgan fingerprint density at radius 1 is 1.00 bits per heavy atom. The Hall–Kier alpha value is -4.07. The van der Waals surface area contributed by atoms with Crippen molar-refractivity contribution in [2.24, 2.45) is 11.5 Å². The zero-order chi connectivity index (χ0) is 28.4. The van der Waals surface area contributed by atoms with Gasteiger partial charge in [-0.25, -0.2) is 24.5 Å². The standard InChI is InChI=1S/C28H29F3N10/c29-28(30,31)27(11-12-27)41-25(32)24-22(9-8-21(38-24)18-3-10-23(35-13-18)37-19-4-5-19)39(26(41)33)14-17-1-6-20(7-2-17)40-16-34-15-36-40/h1-3,6-10,13,15-16,19,25-26H,4-5,11-12,14,32-33H2,(H,35,37). The number of hydrogen-bond acceptors (Lipinski definition) is 9. The van der Waals surface area contributed by atoms with E-state index in [0.29, 0.717) is 23.1 Å². The molecule has 212 valence electrons. The van der Waals surface area contributed by atoms with Crippen molar-refractivity contribution in [3.63, 3.8) is 0 Å². The predicted molar refractivity (Wildman–Crippen MR) is 146 cm³/mol. The average Bonchev–Trinajstić information content (AvgIpc) is 3.89. The molecule has 0 bridgehead atoms. The van der Waals surface area contributed by atoms with Crippen LogP contribution in [0.4, 0.5) is 24.7 Å². The molecular formula is C28H29F3N10. The molecule has 3 aliphatic rings. The van der Waals surface area contributed by atoms with Crippen LogP contribution >= 0.6 is 0 Å². The molecule has 0 saturated heterocycles. The van der Waals surface area contributed by atoms with E-state index in [2.05, 4.69) is 20.4 Å². The quantitative estimate of drug-likeness (QED) is 0.307. The molecule has 2 atom stereocenters. The third-order valence-corrected chi connectivity index (χ3v) is 8.10. The fraction of sp³-hybridized carbons (Fsp3) is 0.357. The van der Waals surface area contributed by atoms with Crippen LogP contribution < -0.4 is 21.7 Å². The van der Waals surface area contributed by atoms with E-state index in [1.54, 1.807) is 22.1 Å². The highest BCUT2D eigenvalue weighted by Gasteiger charge is 2.70. The number of hydrogen-bond donors (Lipinski definition) is 3. The third kappa shape index (κ3) is 4.59. The smallest absolute Gasteiger partial charge is 0.367 e. The Morgan fingerprint density at radius 3 is 2.39 bits per heavy atom. The maximum absolute atomic E-state index is 14.4. The molecule has 1 aliphatic heterocycles. The molecule has 2 fully saturated rings. The third-order valence-electron chi connectivity index (χ3n) is 8.10. The van der Waals surface area contributed by atoms with Crippen LogP contribution in [0.1, 0.15) is 43.1 Å². The van der Waals surface area contributed by atoms with Gasteiger partial charge in [-0.2, -0.15) is 18.3 Å². The van der Waals surface area contributed by atoms with Crippen molar-refractivity contribution in [3.8, 4) is 16.9 Å². The first-order valence-electron chi connectivity index (χ1n) is 13.5. The van der Waals surface area contributed by atoms with Crippen molar-refractivity contribution in [2.75, 3.05) is 10.2 Å².